The third-order valence-electron chi connectivity index (χ3n) is 7.31. The maximum absolute atomic E-state index is 6.85. The maximum Gasteiger partial charge on any atom is 0.0225 e. The van der Waals surface area contributed by atoms with Gasteiger partial charge in [-0.2, -0.15) is 0 Å². The Hall–Kier alpha value is -0.0800. The first-order chi connectivity index (χ1) is 9.94. The van der Waals surface area contributed by atoms with E-state index in [1.54, 1.807) is 0 Å². The molecule has 1 atom stereocenters. The van der Waals surface area contributed by atoms with Crippen molar-refractivity contribution in [3.63, 3.8) is 0 Å². The largest absolute Gasteiger partial charge is 0.326 e. The van der Waals surface area contributed by atoms with Crippen LogP contribution >= 0.6 is 0 Å². The van der Waals surface area contributed by atoms with E-state index in [-0.39, 0.29) is 0 Å². The Balaban J connectivity index is 1.44. The molecule has 1 saturated heterocycles. The Morgan fingerprint density at radius 1 is 1.05 bits per heavy atom. The van der Waals surface area contributed by atoms with Gasteiger partial charge in [-0.15, -0.1) is 0 Å². The molecule has 120 valence electrons. The molecule has 5 rings (SSSR count). The fourth-order valence-electron chi connectivity index (χ4n) is 6.80. The number of piperidine rings is 1. The van der Waals surface area contributed by atoms with Crippen LogP contribution < -0.4 is 5.73 Å². The van der Waals surface area contributed by atoms with Gasteiger partial charge in [-0.05, 0) is 86.5 Å². The van der Waals surface area contributed by atoms with Gasteiger partial charge in [0.05, 0.1) is 0 Å². The molecule has 0 spiro atoms. The van der Waals surface area contributed by atoms with Crippen molar-refractivity contribution in [2.75, 3.05) is 19.6 Å². The van der Waals surface area contributed by atoms with Gasteiger partial charge in [0, 0.05) is 19.1 Å². The Labute approximate surface area is 130 Å². The van der Waals surface area contributed by atoms with E-state index in [2.05, 4.69) is 18.7 Å². The molecule has 5 fully saturated rings. The lowest BCUT2D eigenvalue weighted by molar-refractivity contribution is -0.0738. The van der Waals surface area contributed by atoms with Crippen LogP contribution in [0.25, 0.3) is 0 Å². The third-order valence-corrected chi connectivity index (χ3v) is 7.31. The Kier molecular flexibility index (Phi) is 3.43. The van der Waals surface area contributed by atoms with Crippen LogP contribution in [0.5, 0.6) is 0 Å². The number of nitrogens with two attached hydrogens (primary N) is 1. The van der Waals surface area contributed by atoms with Crippen molar-refractivity contribution in [2.45, 2.75) is 71.3 Å². The number of hydrogen-bond acceptors (Lipinski definition) is 2. The topological polar surface area (TPSA) is 29.3 Å². The summed E-state index contributed by atoms with van der Waals surface area (Å²) in [4.78, 5) is 2.69. The predicted molar refractivity (Wildman–Crippen MR) is 88.0 cm³/mol. The molecule has 1 aliphatic heterocycles. The molecule has 1 heterocycles. The fourth-order valence-corrected chi connectivity index (χ4v) is 6.80. The zero-order valence-corrected chi connectivity index (χ0v) is 14.1. The van der Waals surface area contributed by atoms with Crippen LogP contribution in [0.3, 0.4) is 0 Å². The highest BCUT2D eigenvalue weighted by molar-refractivity contribution is 5.06. The van der Waals surface area contributed by atoms with Crippen LogP contribution in [-0.2, 0) is 0 Å². The summed E-state index contributed by atoms with van der Waals surface area (Å²) in [6.07, 6.45) is 11.7. The van der Waals surface area contributed by atoms with Crippen LogP contribution in [0.4, 0.5) is 0 Å². The van der Waals surface area contributed by atoms with Crippen molar-refractivity contribution in [3.05, 3.63) is 0 Å². The zero-order valence-electron chi connectivity index (χ0n) is 14.1. The van der Waals surface area contributed by atoms with Crippen molar-refractivity contribution in [1.82, 2.24) is 4.90 Å². The van der Waals surface area contributed by atoms with Crippen LogP contribution in [-0.4, -0.2) is 30.6 Å². The molecule has 0 radical (unpaired) electrons. The molecule has 2 nitrogen and oxygen atoms in total. The molecule has 21 heavy (non-hydrogen) atoms. The van der Waals surface area contributed by atoms with Crippen molar-refractivity contribution in [3.8, 4) is 0 Å². The molecule has 2 heteroatoms. The fraction of sp³-hybridized carbons (Fsp3) is 1.00. The van der Waals surface area contributed by atoms with E-state index in [9.17, 15) is 0 Å². The van der Waals surface area contributed by atoms with Gasteiger partial charge >= 0.3 is 0 Å². The first kappa shape index (κ1) is 14.5. The van der Waals surface area contributed by atoms with Gasteiger partial charge in [0.2, 0.25) is 0 Å². The molecule has 0 amide bonds. The molecule has 0 aromatic rings. The summed E-state index contributed by atoms with van der Waals surface area (Å²) in [7, 11) is 0. The average molecular weight is 290 g/mol. The Morgan fingerprint density at radius 3 is 2.14 bits per heavy atom. The second-order valence-corrected chi connectivity index (χ2v) is 9.89. The molecule has 4 aliphatic carbocycles. The Morgan fingerprint density at radius 2 is 1.62 bits per heavy atom. The van der Waals surface area contributed by atoms with Gasteiger partial charge in [0.25, 0.3) is 0 Å². The summed E-state index contributed by atoms with van der Waals surface area (Å²) in [5.41, 5.74) is 7.87. The molecule has 5 aliphatic rings. The van der Waals surface area contributed by atoms with Crippen LogP contribution in [0, 0.1) is 28.6 Å². The molecule has 0 aromatic heterocycles. The second-order valence-electron chi connectivity index (χ2n) is 9.89. The highest BCUT2D eigenvalue weighted by Gasteiger charge is 2.53. The van der Waals surface area contributed by atoms with Gasteiger partial charge in [-0.25, -0.2) is 0 Å². The number of rotatable bonds is 3. The van der Waals surface area contributed by atoms with E-state index in [0.717, 1.165) is 24.3 Å². The Bertz CT molecular complexity index is 365. The van der Waals surface area contributed by atoms with E-state index in [4.69, 9.17) is 5.73 Å². The maximum atomic E-state index is 6.85. The third kappa shape index (κ3) is 2.67. The SMILES string of the molecule is CC1(C)CCCN(CC(N)C23CC4CC(CC(C4)C2)C3)C1. The van der Waals surface area contributed by atoms with Gasteiger partial charge in [-0.1, -0.05) is 13.8 Å². The summed E-state index contributed by atoms with van der Waals surface area (Å²) < 4.78 is 0. The zero-order chi connectivity index (χ0) is 14.7. The van der Waals surface area contributed by atoms with Crippen molar-refractivity contribution in [2.24, 2.45) is 34.3 Å². The van der Waals surface area contributed by atoms with Crippen LogP contribution in [0.15, 0.2) is 0 Å². The molecule has 4 saturated carbocycles. The molecule has 2 N–H and O–H groups in total. The molecular formula is C19H34N2. The lowest BCUT2D eigenvalue weighted by Crippen LogP contribution is -2.58. The standard InChI is InChI=1S/C19H34N2/c1-18(2)4-3-5-21(13-18)12-17(20)19-9-14-6-15(10-19)8-16(7-14)11-19/h14-17H,3-13,20H2,1-2H3. The van der Waals surface area contributed by atoms with Gasteiger partial charge in [-0.3, -0.25) is 0 Å². The van der Waals surface area contributed by atoms with Crippen molar-refractivity contribution >= 4 is 0 Å². The summed E-state index contributed by atoms with van der Waals surface area (Å²) in [5, 5.41) is 0. The average Bonchev–Trinajstić information content (AvgIpc) is 2.35. The van der Waals surface area contributed by atoms with Gasteiger partial charge < -0.3 is 10.6 Å². The van der Waals surface area contributed by atoms with E-state index in [1.165, 1.54) is 64.5 Å². The van der Waals surface area contributed by atoms with Crippen LogP contribution in [0.2, 0.25) is 0 Å². The summed E-state index contributed by atoms with van der Waals surface area (Å²) >= 11 is 0. The minimum atomic E-state index is 0.430. The second kappa shape index (κ2) is 4.96. The molecule has 0 aromatic carbocycles. The lowest BCUT2D eigenvalue weighted by Gasteiger charge is -2.59. The van der Waals surface area contributed by atoms with Gasteiger partial charge in [0.15, 0.2) is 0 Å². The number of nitrogens with zero attached hydrogens (tertiary/aromatic N) is 1. The first-order valence-corrected chi connectivity index (χ1v) is 9.42. The quantitative estimate of drug-likeness (QED) is 0.859. The van der Waals surface area contributed by atoms with Crippen molar-refractivity contribution in [1.29, 1.82) is 0 Å². The van der Waals surface area contributed by atoms with Crippen LogP contribution in [0.1, 0.15) is 65.2 Å². The number of hydrogen-bond donors (Lipinski definition) is 1. The molecule has 4 bridgehead atoms. The number of likely N-dealkylation sites (tertiary alicyclic amines) is 1. The summed E-state index contributed by atoms with van der Waals surface area (Å²) in [6, 6.07) is 0.430. The summed E-state index contributed by atoms with van der Waals surface area (Å²) in [5.74, 6) is 3.08. The summed E-state index contributed by atoms with van der Waals surface area (Å²) in [6.45, 7) is 8.55. The smallest absolute Gasteiger partial charge is 0.0225 e. The minimum Gasteiger partial charge on any atom is -0.326 e. The normalized spacial score (nSPS) is 46.7. The molecule has 1 unspecified atom stereocenters. The minimum absolute atomic E-state index is 0.430. The highest BCUT2D eigenvalue weighted by Crippen LogP contribution is 2.61. The van der Waals surface area contributed by atoms with Gasteiger partial charge in [0.1, 0.15) is 0 Å². The predicted octanol–water partition coefficient (Wildman–Crippen LogP) is 3.65. The lowest BCUT2D eigenvalue weighted by atomic mass is 9.47. The monoisotopic (exact) mass is 290 g/mol. The first-order valence-electron chi connectivity index (χ1n) is 9.42. The molecular weight excluding hydrogens is 256 g/mol. The van der Waals surface area contributed by atoms with Crippen molar-refractivity contribution < 1.29 is 0 Å². The highest BCUT2D eigenvalue weighted by atomic mass is 15.2. The van der Waals surface area contributed by atoms with E-state index in [0.29, 0.717) is 16.9 Å². The van der Waals surface area contributed by atoms with E-state index in [1.807, 2.05) is 0 Å². The van der Waals surface area contributed by atoms with E-state index >= 15 is 0 Å². The van der Waals surface area contributed by atoms with E-state index < -0.39 is 0 Å².